The molecule has 0 bridgehead atoms. The van der Waals surface area contributed by atoms with E-state index >= 15 is 0 Å². The lowest BCUT2D eigenvalue weighted by Gasteiger charge is -2.19. The molecule has 1 aromatic carbocycles. The van der Waals surface area contributed by atoms with Crippen molar-refractivity contribution in [2.75, 3.05) is 13.1 Å². The van der Waals surface area contributed by atoms with Crippen LogP contribution in [0.2, 0.25) is 0 Å². The normalized spacial score (nSPS) is 9.56. The molecule has 0 atom stereocenters. The molecule has 0 aliphatic carbocycles. The first-order valence-corrected chi connectivity index (χ1v) is 6.18. The number of nitrogens with zero attached hydrogens (tertiary/aromatic N) is 2. The first kappa shape index (κ1) is 13.0. The van der Waals surface area contributed by atoms with Crippen LogP contribution in [-0.4, -0.2) is 23.9 Å². The molecule has 1 aromatic rings. The molecule has 0 aromatic heterocycles. The predicted octanol–water partition coefficient (Wildman–Crippen LogP) is 2.67. The summed E-state index contributed by atoms with van der Waals surface area (Å²) in [6.07, 6.45) is 0.379. The minimum atomic E-state index is -0.00542. The molecule has 0 aliphatic heterocycles. The second-order valence-corrected chi connectivity index (χ2v) is 4.55. The molecule has 1 amide bonds. The molecule has 16 heavy (non-hydrogen) atoms. The summed E-state index contributed by atoms with van der Waals surface area (Å²) >= 11 is 2.20. The summed E-state index contributed by atoms with van der Waals surface area (Å²) in [5.41, 5.74) is 0.681. The Hall–Kier alpha value is -1.09. The van der Waals surface area contributed by atoms with E-state index in [9.17, 15) is 4.79 Å². The number of carbonyl (C=O) groups excluding carboxylic acids is 1. The van der Waals surface area contributed by atoms with E-state index in [2.05, 4.69) is 28.7 Å². The maximum Gasteiger partial charge on any atom is 0.253 e. The Bertz CT molecular complexity index is 394. The highest BCUT2D eigenvalue weighted by atomic mass is 127. The van der Waals surface area contributed by atoms with Gasteiger partial charge in [0.15, 0.2) is 0 Å². The molecule has 4 heteroatoms. The number of amides is 1. The summed E-state index contributed by atoms with van der Waals surface area (Å²) in [6, 6.07) is 9.51. The maximum atomic E-state index is 12.0. The molecule has 0 saturated heterocycles. The van der Waals surface area contributed by atoms with E-state index in [-0.39, 0.29) is 5.91 Å². The topological polar surface area (TPSA) is 44.1 Å². The molecule has 0 heterocycles. The lowest BCUT2D eigenvalue weighted by atomic mass is 10.2. The van der Waals surface area contributed by atoms with Gasteiger partial charge >= 0.3 is 0 Å². The SMILES string of the molecule is CCN(CCC#N)C(=O)c1ccc(I)cc1. The third-order valence-electron chi connectivity index (χ3n) is 2.25. The summed E-state index contributed by atoms with van der Waals surface area (Å²) in [5.74, 6) is -0.00542. The minimum Gasteiger partial charge on any atom is -0.338 e. The average Bonchev–Trinajstić information content (AvgIpc) is 2.30. The van der Waals surface area contributed by atoms with Crippen molar-refractivity contribution >= 4 is 28.5 Å². The fourth-order valence-corrected chi connectivity index (χ4v) is 1.72. The van der Waals surface area contributed by atoms with Crippen molar-refractivity contribution in [3.05, 3.63) is 33.4 Å². The third kappa shape index (κ3) is 3.49. The quantitative estimate of drug-likeness (QED) is 0.798. The van der Waals surface area contributed by atoms with E-state index < -0.39 is 0 Å². The lowest BCUT2D eigenvalue weighted by molar-refractivity contribution is 0.0768. The molecule has 3 nitrogen and oxygen atoms in total. The number of halogens is 1. The van der Waals surface area contributed by atoms with Crippen molar-refractivity contribution in [1.29, 1.82) is 5.26 Å². The number of carbonyl (C=O) groups is 1. The van der Waals surface area contributed by atoms with Crippen molar-refractivity contribution in [2.24, 2.45) is 0 Å². The van der Waals surface area contributed by atoms with Gasteiger partial charge in [-0.05, 0) is 53.8 Å². The smallest absolute Gasteiger partial charge is 0.253 e. The molecule has 0 N–H and O–H groups in total. The van der Waals surface area contributed by atoms with Crippen LogP contribution in [-0.2, 0) is 0 Å². The van der Waals surface area contributed by atoms with Gasteiger partial charge in [0.2, 0.25) is 0 Å². The Balaban J connectivity index is 2.75. The molecule has 0 saturated carbocycles. The molecular weight excluding hydrogens is 315 g/mol. The summed E-state index contributed by atoms with van der Waals surface area (Å²) in [5, 5.41) is 8.51. The van der Waals surface area contributed by atoms with E-state index in [1.165, 1.54) is 0 Å². The van der Waals surface area contributed by atoms with Crippen LogP contribution >= 0.6 is 22.6 Å². The van der Waals surface area contributed by atoms with Gasteiger partial charge in [0, 0.05) is 22.2 Å². The van der Waals surface area contributed by atoms with Crippen molar-refractivity contribution in [1.82, 2.24) is 4.90 Å². The molecule has 0 aliphatic rings. The van der Waals surface area contributed by atoms with E-state index in [1.807, 2.05) is 31.2 Å². The van der Waals surface area contributed by atoms with E-state index in [1.54, 1.807) is 4.90 Å². The summed E-state index contributed by atoms with van der Waals surface area (Å²) in [4.78, 5) is 13.7. The zero-order valence-corrected chi connectivity index (χ0v) is 11.3. The first-order chi connectivity index (χ1) is 7.69. The highest BCUT2D eigenvalue weighted by Crippen LogP contribution is 2.09. The number of hydrogen-bond acceptors (Lipinski definition) is 2. The van der Waals surface area contributed by atoms with Crippen LogP contribution in [0.15, 0.2) is 24.3 Å². The van der Waals surface area contributed by atoms with Gasteiger partial charge in [-0.3, -0.25) is 4.79 Å². The maximum absolute atomic E-state index is 12.0. The molecule has 0 radical (unpaired) electrons. The lowest BCUT2D eigenvalue weighted by Crippen LogP contribution is -2.31. The van der Waals surface area contributed by atoms with Crippen molar-refractivity contribution in [3.8, 4) is 6.07 Å². The standard InChI is InChI=1S/C12H13IN2O/c1-2-15(9-3-8-14)12(16)10-4-6-11(13)7-5-10/h4-7H,2-3,9H2,1H3. The molecule has 84 valence electrons. The highest BCUT2D eigenvalue weighted by Gasteiger charge is 2.12. The first-order valence-electron chi connectivity index (χ1n) is 5.10. The van der Waals surface area contributed by atoms with Crippen LogP contribution in [0.25, 0.3) is 0 Å². The number of hydrogen-bond donors (Lipinski definition) is 0. The van der Waals surface area contributed by atoms with Crippen LogP contribution in [0.5, 0.6) is 0 Å². The van der Waals surface area contributed by atoms with Crippen LogP contribution < -0.4 is 0 Å². The fourth-order valence-electron chi connectivity index (χ4n) is 1.36. The molecule has 0 spiro atoms. The van der Waals surface area contributed by atoms with Crippen LogP contribution in [0.1, 0.15) is 23.7 Å². The summed E-state index contributed by atoms with van der Waals surface area (Å²) in [7, 11) is 0. The summed E-state index contributed by atoms with van der Waals surface area (Å²) in [6.45, 7) is 3.05. The zero-order chi connectivity index (χ0) is 12.0. The molecular formula is C12H13IN2O. The van der Waals surface area contributed by atoms with Crippen LogP contribution in [0.3, 0.4) is 0 Å². The highest BCUT2D eigenvalue weighted by molar-refractivity contribution is 14.1. The van der Waals surface area contributed by atoms with Crippen molar-refractivity contribution in [3.63, 3.8) is 0 Å². The Morgan fingerprint density at radius 1 is 1.44 bits per heavy atom. The van der Waals surface area contributed by atoms with Gasteiger partial charge in [0.05, 0.1) is 12.5 Å². The monoisotopic (exact) mass is 328 g/mol. The Labute approximate surface area is 109 Å². The third-order valence-corrected chi connectivity index (χ3v) is 2.97. The van der Waals surface area contributed by atoms with Crippen LogP contribution in [0, 0.1) is 14.9 Å². The largest absolute Gasteiger partial charge is 0.338 e. The Morgan fingerprint density at radius 2 is 2.06 bits per heavy atom. The van der Waals surface area contributed by atoms with Crippen molar-refractivity contribution in [2.45, 2.75) is 13.3 Å². The number of rotatable bonds is 4. The number of nitriles is 1. The van der Waals surface area contributed by atoms with Gasteiger partial charge in [-0.25, -0.2) is 0 Å². The van der Waals surface area contributed by atoms with Gasteiger partial charge in [-0.2, -0.15) is 5.26 Å². The molecule has 1 rings (SSSR count). The summed E-state index contributed by atoms with van der Waals surface area (Å²) < 4.78 is 1.11. The molecule has 0 fully saturated rings. The fraction of sp³-hybridized carbons (Fsp3) is 0.333. The van der Waals surface area contributed by atoms with E-state index in [4.69, 9.17) is 5.26 Å². The predicted molar refractivity (Wildman–Crippen MR) is 71.0 cm³/mol. The second kappa shape index (κ2) is 6.48. The van der Waals surface area contributed by atoms with Crippen LogP contribution in [0.4, 0.5) is 0 Å². The van der Waals surface area contributed by atoms with Crippen molar-refractivity contribution < 1.29 is 4.79 Å². The van der Waals surface area contributed by atoms with Gasteiger partial charge in [0.1, 0.15) is 0 Å². The van der Waals surface area contributed by atoms with E-state index in [0.29, 0.717) is 25.1 Å². The van der Waals surface area contributed by atoms with E-state index in [0.717, 1.165) is 3.57 Å². The second-order valence-electron chi connectivity index (χ2n) is 3.30. The zero-order valence-electron chi connectivity index (χ0n) is 9.11. The molecule has 0 unspecified atom stereocenters. The van der Waals surface area contributed by atoms with Gasteiger partial charge in [-0.15, -0.1) is 0 Å². The van der Waals surface area contributed by atoms with Gasteiger partial charge in [-0.1, -0.05) is 0 Å². The Kier molecular flexibility index (Phi) is 5.26. The Morgan fingerprint density at radius 3 is 2.56 bits per heavy atom. The minimum absolute atomic E-state index is 0.00542. The average molecular weight is 328 g/mol. The number of benzene rings is 1. The van der Waals surface area contributed by atoms with Gasteiger partial charge in [0.25, 0.3) is 5.91 Å². The van der Waals surface area contributed by atoms with Gasteiger partial charge < -0.3 is 4.90 Å².